The molecule has 15 heavy (non-hydrogen) atoms. The van der Waals surface area contributed by atoms with Crippen molar-refractivity contribution in [2.24, 2.45) is 0 Å². The molecule has 1 aromatic heterocycles. The minimum absolute atomic E-state index is 0. The molecule has 0 aliphatic heterocycles. The maximum absolute atomic E-state index is 11.4. The van der Waals surface area contributed by atoms with Gasteiger partial charge >= 0.3 is 0 Å². The maximum atomic E-state index is 11.4. The normalized spacial score (nSPS) is 9.67. The van der Waals surface area contributed by atoms with Gasteiger partial charge in [-0.3, -0.25) is 4.79 Å². The lowest BCUT2D eigenvalue weighted by molar-refractivity contribution is 0.376. The zero-order valence-electron chi connectivity index (χ0n) is 7.98. The number of aromatic nitrogens is 1. The van der Waals surface area contributed by atoms with E-state index < -0.39 is 0 Å². The third kappa shape index (κ3) is 1.76. The molecule has 0 fully saturated rings. The molecule has 1 aromatic carbocycles. The second-order valence-corrected chi connectivity index (χ2v) is 2.88. The number of nitrogens with one attached hydrogen (secondary N) is 1. The highest BCUT2D eigenvalue weighted by atomic mass is 35.5. The summed E-state index contributed by atoms with van der Waals surface area (Å²) in [7, 11) is 1.44. The standard InChI is InChI=1S/C10H9NO3.ClH/c1-14-8-3-2-6-9(10(8)13)7(12)4-5-11-6;/h2-5,13H,1H3,(H,11,12);1H. The average molecular weight is 228 g/mol. The van der Waals surface area contributed by atoms with Crippen molar-refractivity contribution in [3.05, 3.63) is 34.6 Å². The number of hydrogen-bond donors (Lipinski definition) is 2. The summed E-state index contributed by atoms with van der Waals surface area (Å²) < 4.78 is 4.91. The van der Waals surface area contributed by atoms with Gasteiger partial charge in [0.1, 0.15) is 0 Å². The van der Waals surface area contributed by atoms with E-state index in [-0.39, 0.29) is 29.0 Å². The van der Waals surface area contributed by atoms with Crippen molar-refractivity contribution in [2.75, 3.05) is 7.11 Å². The zero-order chi connectivity index (χ0) is 10.1. The first-order chi connectivity index (χ1) is 6.74. The first kappa shape index (κ1) is 11.4. The van der Waals surface area contributed by atoms with Gasteiger partial charge in [0.25, 0.3) is 0 Å². The summed E-state index contributed by atoms with van der Waals surface area (Å²) in [5.41, 5.74) is 0.367. The molecule has 0 saturated carbocycles. The molecule has 0 radical (unpaired) electrons. The number of fused-ring (bicyclic) bond motifs is 1. The highest BCUT2D eigenvalue weighted by Gasteiger charge is 2.08. The Hall–Kier alpha value is -1.68. The zero-order valence-corrected chi connectivity index (χ0v) is 8.80. The van der Waals surface area contributed by atoms with Crippen LogP contribution >= 0.6 is 12.4 Å². The van der Waals surface area contributed by atoms with Crippen molar-refractivity contribution in [1.82, 2.24) is 4.98 Å². The summed E-state index contributed by atoms with van der Waals surface area (Å²) >= 11 is 0. The van der Waals surface area contributed by atoms with Crippen LogP contribution in [-0.4, -0.2) is 17.2 Å². The minimum Gasteiger partial charge on any atom is -0.504 e. The van der Waals surface area contributed by atoms with E-state index in [0.29, 0.717) is 11.3 Å². The summed E-state index contributed by atoms with van der Waals surface area (Å²) in [6.45, 7) is 0. The molecule has 2 aromatic rings. The molecule has 0 spiro atoms. The molecule has 5 heteroatoms. The lowest BCUT2D eigenvalue weighted by atomic mass is 10.2. The fraction of sp³-hybridized carbons (Fsp3) is 0.100. The number of phenolic OH excluding ortho intramolecular Hbond substituents is 1. The average Bonchev–Trinajstić information content (AvgIpc) is 2.18. The van der Waals surface area contributed by atoms with E-state index in [9.17, 15) is 9.90 Å². The quantitative estimate of drug-likeness (QED) is 0.779. The molecular weight excluding hydrogens is 218 g/mol. The van der Waals surface area contributed by atoms with Crippen LogP contribution in [0.5, 0.6) is 11.5 Å². The van der Waals surface area contributed by atoms with Crippen molar-refractivity contribution < 1.29 is 9.84 Å². The Bertz CT molecular complexity index is 536. The van der Waals surface area contributed by atoms with Gasteiger partial charge in [0, 0.05) is 12.3 Å². The Morgan fingerprint density at radius 1 is 1.33 bits per heavy atom. The van der Waals surface area contributed by atoms with E-state index in [2.05, 4.69) is 4.98 Å². The van der Waals surface area contributed by atoms with Crippen LogP contribution in [0.1, 0.15) is 0 Å². The number of ether oxygens (including phenoxy) is 1. The number of methoxy groups -OCH3 is 1. The number of hydrogen-bond acceptors (Lipinski definition) is 3. The van der Waals surface area contributed by atoms with Crippen LogP contribution in [0, 0.1) is 0 Å². The third-order valence-corrected chi connectivity index (χ3v) is 2.08. The molecule has 0 bridgehead atoms. The molecule has 0 atom stereocenters. The van der Waals surface area contributed by atoms with Crippen molar-refractivity contribution >= 4 is 23.3 Å². The maximum Gasteiger partial charge on any atom is 0.193 e. The Balaban J connectivity index is 0.00000112. The fourth-order valence-electron chi connectivity index (χ4n) is 1.40. The van der Waals surface area contributed by atoms with Crippen LogP contribution in [0.4, 0.5) is 0 Å². The Kier molecular flexibility index (Phi) is 3.21. The van der Waals surface area contributed by atoms with Crippen LogP contribution in [0.15, 0.2) is 29.2 Å². The largest absolute Gasteiger partial charge is 0.504 e. The number of aromatic amines is 1. The first-order valence-electron chi connectivity index (χ1n) is 4.11. The van der Waals surface area contributed by atoms with Gasteiger partial charge in [0.05, 0.1) is 18.0 Å². The van der Waals surface area contributed by atoms with E-state index in [0.717, 1.165) is 0 Å². The molecule has 0 amide bonds. The summed E-state index contributed by atoms with van der Waals surface area (Å²) in [6.07, 6.45) is 1.54. The van der Waals surface area contributed by atoms with Gasteiger partial charge < -0.3 is 14.8 Å². The number of H-pyrrole nitrogens is 1. The van der Waals surface area contributed by atoms with E-state index >= 15 is 0 Å². The van der Waals surface area contributed by atoms with Crippen LogP contribution in [0.2, 0.25) is 0 Å². The van der Waals surface area contributed by atoms with Gasteiger partial charge in [-0.15, -0.1) is 12.4 Å². The summed E-state index contributed by atoms with van der Waals surface area (Å²) in [5, 5.41) is 9.94. The third-order valence-electron chi connectivity index (χ3n) is 2.08. The molecule has 2 rings (SSSR count). The van der Waals surface area contributed by atoms with Gasteiger partial charge in [-0.2, -0.15) is 0 Å². The fourth-order valence-corrected chi connectivity index (χ4v) is 1.40. The molecule has 1 heterocycles. The number of pyridine rings is 1. The van der Waals surface area contributed by atoms with Crippen molar-refractivity contribution in [3.63, 3.8) is 0 Å². The van der Waals surface area contributed by atoms with Crippen LogP contribution in [-0.2, 0) is 0 Å². The molecular formula is C10H10ClNO3. The molecule has 2 N–H and O–H groups in total. The highest BCUT2D eigenvalue weighted by molar-refractivity contribution is 5.87. The van der Waals surface area contributed by atoms with Gasteiger partial charge in [-0.1, -0.05) is 0 Å². The Morgan fingerprint density at radius 3 is 2.73 bits per heavy atom. The lowest BCUT2D eigenvalue weighted by Crippen LogP contribution is -2.00. The molecule has 0 unspecified atom stereocenters. The van der Waals surface area contributed by atoms with Crippen molar-refractivity contribution in [3.8, 4) is 11.5 Å². The smallest absolute Gasteiger partial charge is 0.193 e. The number of phenols is 1. The second-order valence-electron chi connectivity index (χ2n) is 2.88. The van der Waals surface area contributed by atoms with E-state index in [1.54, 1.807) is 12.1 Å². The van der Waals surface area contributed by atoms with Gasteiger partial charge in [0.2, 0.25) is 0 Å². The summed E-state index contributed by atoms with van der Waals surface area (Å²) in [4.78, 5) is 14.3. The molecule has 0 saturated heterocycles. The predicted molar refractivity (Wildman–Crippen MR) is 60.0 cm³/mol. The SMILES string of the molecule is COc1ccc2[nH]ccc(=O)c2c1O.Cl. The number of rotatable bonds is 1. The number of halogens is 1. The number of aromatic hydroxyl groups is 1. The van der Waals surface area contributed by atoms with E-state index in [4.69, 9.17) is 4.74 Å². The van der Waals surface area contributed by atoms with Crippen molar-refractivity contribution in [2.45, 2.75) is 0 Å². The Labute approximate surface area is 91.9 Å². The second kappa shape index (κ2) is 4.23. The topological polar surface area (TPSA) is 62.3 Å². The lowest BCUT2D eigenvalue weighted by Gasteiger charge is -2.05. The molecule has 4 nitrogen and oxygen atoms in total. The van der Waals surface area contributed by atoms with E-state index in [1.165, 1.54) is 19.4 Å². The van der Waals surface area contributed by atoms with E-state index in [1.807, 2.05) is 0 Å². The predicted octanol–water partition coefficient (Wildman–Crippen LogP) is 1.66. The molecule has 0 aliphatic rings. The highest BCUT2D eigenvalue weighted by Crippen LogP contribution is 2.30. The summed E-state index contributed by atoms with van der Waals surface area (Å²) in [5.74, 6) is 0.182. The first-order valence-corrected chi connectivity index (χ1v) is 4.11. The van der Waals surface area contributed by atoms with Crippen LogP contribution in [0.3, 0.4) is 0 Å². The van der Waals surface area contributed by atoms with Gasteiger partial charge in [0.15, 0.2) is 16.9 Å². The van der Waals surface area contributed by atoms with Gasteiger partial charge in [-0.25, -0.2) is 0 Å². The number of benzene rings is 1. The van der Waals surface area contributed by atoms with Crippen molar-refractivity contribution in [1.29, 1.82) is 0 Å². The van der Waals surface area contributed by atoms with Crippen LogP contribution < -0.4 is 10.2 Å². The monoisotopic (exact) mass is 227 g/mol. The summed E-state index contributed by atoms with van der Waals surface area (Å²) in [6, 6.07) is 4.66. The Morgan fingerprint density at radius 2 is 2.07 bits per heavy atom. The molecule has 80 valence electrons. The minimum atomic E-state index is -0.227. The van der Waals surface area contributed by atoms with Gasteiger partial charge in [-0.05, 0) is 12.1 Å². The van der Waals surface area contributed by atoms with Crippen LogP contribution in [0.25, 0.3) is 10.9 Å². The molecule has 0 aliphatic carbocycles.